The average molecular weight is 261 g/mol. The summed E-state index contributed by atoms with van der Waals surface area (Å²) in [6.45, 7) is 5.25. The van der Waals surface area contributed by atoms with E-state index in [2.05, 4.69) is 36.5 Å². The van der Waals surface area contributed by atoms with Gasteiger partial charge >= 0.3 is 5.97 Å². The van der Waals surface area contributed by atoms with E-state index >= 15 is 0 Å². The minimum Gasteiger partial charge on any atom is -0.465 e. The summed E-state index contributed by atoms with van der Waals surface area (Å²) in [5.74, 6) is 0.432. The van der Waals surface area contributed by atoms with Gasteiger partial charge in [0.25, 0.3) is 0 Å². The third-order valence-corrected chi connectivity index (χ3v) is 3.72. The maximum Gasteiger partial charge on any atom is 0.323 e. The number of carbonyl (C=O) groups excluding carboxylic acids is 1. The van der Waals surface area contributed by atoms with Crippen molar-refractivity contribution in [2.45, 2.75) is 45.1 Å². The van der Waals surface area contributed by atoms with Crippen LogP contribution in [0.15, 0.2) is 24.3 Å². The van der Waals surface area contributed by atoms with Gasteiger partial charge in [-0.25, -0.2) is 0 Å². The Kier molecular flexibility index (Phi) is 4.97. The van der Waals surface area contributed by atoms with Gasteiger partial charge < -0.3 is 10.1 Å². The molecule has 0 aromatic heterocycles. The second kappa shape index (κ2) is 6.71. The van der Waals surface area contributed by atoms with Crippen molar-refractivity contribution in [2.24, 2.45) is 0 Å². The third kappa shape index (κ3) is 3.35. The van der Waals surface area contributed by atoms with Crippen LogP contribution in [0.4, 0.5) is 0 Å². The largest absolute Gasteiger partial charge is 0.465 e. The molecule has 2 atom stereocenters. The van der Waals surface area contributed by atoms with Gasteiger partial charge in [0.05, 0.1) is 6.61 Å². The van der Waals surface area contributed by atoms with E-state index in [1.165, 1.54) is 11.1 Å². The fraction of sp³-hybridized carbons (Fsp3) is 0.562. The topological polar surface area (TPSA) is 38.3 Å². The first-order valence-corrected chi connectivity index (χ1v) is 7.24. The highest BCUT2D eigenvalue weighted by Gasteiger charge is 2.27. The molecule has 0 bridgehead atoms. The number of benzene rings is 1. The van der Waals surface area contributed by atoms with Crippen LogP contribution in [0.3, 0.4) is 0 Å². The molecule has 2 unspecified atom stereocenters. The van der Waals surface area contributed by atoms with Crippen LogP contribution in [0.5, 0.6) is 0 Å². The Morgan fingerprint density at radius 3 is 2.89 bits per heavy atom. The molecule has 0 spiro atoms. The molecule has 0 saturated carbocycles. The van der Waals surface area contributed by atoms with Crippen LogP contribution >= 0.6 is 0 Å². The Labute approximate surface area is 115 Å². The summed E-state index contributed by atoms with van der Waals surface area (Å²) in [4.78, 5) is 11.8. The molecule has 1 aromatic carbocycles. The predicted molar refractivity (Wildman–Crippen MR) is 76.2 cm³/mol. The van der Waals surface area contributed by atoms with Crippen LogP contribution in [-0.2, 0) is 16.0 Å². The number of carbonyl (C=O) groups is 1. The number of nitrogens with one attached hydrogen (secondary N) is 1. The van der Waals surface area contributed by atoms with Crippen molar-refractivity contribution in [3.8, 4) is 0 Å². The van der Waals surface area contributed by atoms with Gasteiger partial charge in [-0.05, 0) is 30.9 Å². The van der Waals surface area contributed by atoms with Crippen molar-refractivity contribution in [2.75, 3.05) is 13.2 Å². The number of rotatable bonds is 7. The zero-order valence-corrected chi connectivity index (χ0v) is 11.8. The number of ether oxygens (including phenoxy) is 1. The zero-order valence-electron chi connectivity index (χ0n) is 11.8. The fourth-order valence-electron chi connectivity index (χ4n) is 2.66. The van der Waals surface area contributed by atoms with Crippen LogP contribution in [0.25, 0.3) is 0 Å². The van der Waals surface area contributed by atoms with Gasteiger partial charge in [-0.2, -0.15) is 0 Å². The van der Waals surface area contributed by atoms with Gasteiger partial charge in [0, 0.05) is 12.5 Å². The third-order valence-electron chi connectivity index (χ3n) is 3.72. The van der Waals surface area contributed by atoms with Crippen LogP contribution in [0.2, 0.25) is 0 Å². The van der Waals surface area contributed by atoms with E-state index in [1.807, 2.05) is 6.92 Å². The first kappa shape index (κ1) is 14.1. The summed E-state index contributed by atoms with van der Waals surface area (Å²) in [7, 11) is 0. The monoisotopic (exact) mass is 261 g/mol. The Balaban J connectivity index is 1.85. The van der Waals surface area contributed by atoms with Gasteiger partial charge in [-0.15, -0.1) is 0 Å². The molecule has 0 heterocycles. The van der Waals surface area contributed by atoms with Gasteiger partial charge in [-0.1, -0.05) is 37.6 Å². The lowest BCUT2D eigenvalue weighted by Crippen LogP contribution is -2.41. The quantitative estimate of drug-likeness (QED) is 0.767. The molecule has 1 aliphatic rings. The van der Waals surface area contributed by atoms with Crippen molar-refractivity contribution >= 4 is 5.97 Å². The number of hydrogen-bond acceptors (Lipinski definition) is 3. The summed E-state index contributed by atoms with van der Waals surface area (Å²) < 4.78 is 5.11. The molecule has 0 saturated heterocycles. The molecule has 3 heteroatoms. The minimum atomic E-state index is -0.155. The van der Waals surface area contributed by atoms with E-state index in [-0.39, 0.29) is 12.0 Å². The molecule has 0 radical (unpaired) electrons. The van der Waals surface area contributed by atoms with Crippen LogP contribution in [0.1, 0.15) is 43.7 Å². The van der Waals surface area contributed by atoms with Crippen LogP contribution in [-0.4, -0.2) is 25.2 Å². The SMILES string of the molecule is CCCC(NCC1Cc2ccccc21)C(=O)OCC. The van der Waals surface area contributed by atoms with Crippen molar-refractivity contribution in [1.82, 2.24) is 5.32 Å². The van der Waals surface area contributed by atoms with Gasteiger partial charge in [0.2, 0.25) is 0 Å². The Hall–Kier alpha value is -1.35. The number of hydrogen-bond donors (Lipinski definition) is 1. The normalized spacial score (nSPS) is 18.3. The lowest BCUT2D eigenvalue weighted by molar-refractivity contribution is -0.145. The van der Waals surface area contributed by atoms with E-state index in [1.54, 1.807) is 0 Å². The number of fused-ring (bicyclic) bond motifs is 1. The van der Waals surface area contributed by atoms with Crippen LogP contribution < -0.4 is 5.32 Å². The second-order valence-corrected chi connectivity index (χ2v) is 5.10. The molecule has 0 aliphatic heterocycles. The molecule has 0 fully saturated rings. The Morgan fingerprint density at radius 1 is 1.42 bits per heavy atom. The summed E-state index contributed by atoms with van der Waals surface area (Å²) in [6.07, 6.45) is 2.94. The number of esters is 1. The molecule has 1 aliphatic carbocycles. The smallest absolute Gasteiger partial charge is 0.323 e. The maximum atomic E-state index is 11.8. The second-order valence-electron chi connectivity index (χ2n) is 5.10. The van der Waals surface area contributed by atoms with Crippen molar-refractivity contribution in [3.63, 3.8) is 0 Å². The van der Waals surface area contributed by atoms with E-state index in [4.69, 9.17) is 4.74 Å². The summed E-state index contributed by atoms with van der Waals surface area (Å²) >= 11 is 0. The zero-order chi connectivity index (χ0) is 13.7. The summed E-state index contributed by atoms with van der Waals surface area (Å²) in [5.41, 5.74) is 2.87. The van der Waals surface area contributed by atoms with E-state index < -0.39 is 0 Å². The summed E-state index contributed by atoms with van der Waals surface area (Å²) in [5, 5.41) is 3.37. The van der Waals surface area contributed by atoms with Crippen molar-refractivity contribution in [1.29, 1.82) is 0 Å². The van der Waals surface area contributed by atoms with Crippen molar-refractivity contribution < 1.29 is 9.53 Å². The van der Waals surface area contributed by atoms with E-state index in [9.17, 15) is 4.79 Å². The molecule has 0 amide bonds. The fourth-order valence-corrected chi connectivity index (χ4v) is 2.66. The highest BCUT2D eigenvalue weighted by Crippen LogP contribution is 2.34. The lowest BCUT2D eigenvalue weighted by atomic mass is 9.77. The molecule has 104 valence electrons. The first-order valence-electron chi connectivity index (χ1n) is 7.24. The molecular formula is C16H23NO2. The Morgan fingerprint density at radius 2 is 2.21 bits per heavy atom. The molecule has 1 N–H and O–H groups in total. The van der Waals surface area contributed by atoms with Gasteiger partial charge in [0.15, 0.2) is 0 Å². The molecule has 2 rings (SSSR count). The highest BCUT2D eigenvalue weighted by atomic mass is 16.5. The standard InChI is InChI=1S/C16H23NO2/c1-3-7-15(16(18)19-4-2)17-11-13-10-12-8-5-6-9-14(12)13/h5-6,8-9,13,15,17H,3-4,7,10-11H2,1-2H3. The van der Waals surface area contributed by atoms with Crippen LogP contribution in [0, 0.1) is 0 Å². The minimum absolute atomic E-state index is 0.114. The molecule has 3 nitrogen and oxygen atoms in total. The molecule has 19 heavy (non-hydrogen) atoms. The predicted octanol–water partition coefficient (Wildman–Crippen LogP) is 2.65. The first-order chi connectivity index (χ1) is 9.26. The molecular weight excluding hydrogens is 238 g/mol. The Bertz CT molecular complexity index is 431. The van der Waals surface area contributed by atoms with E-state index in [0.29, 0.717) is 12.5 Å². The van der Waals surface area contributed by atoms with Gasteiger partial charge in [-0.3, -0.25) is 4.79 Å². The van der Waals surface area contributed by atoms with Gasteiger partial charge in [0.1, 0.15) is 6.04 Å². The maximum absolute atomic E-state index is 11.8. The summed E-state index contributed by atoms with van der Waals surface area (Å²) in [6, 6.07) is 8.38. The van der Waals surface area contributed by atoms with Crippen molar-refractivity contribution in [3.05, 3.63) is 35.4 Å². The molecule has 1 aromatic rings. The average Bonchev–Trinajstić information content (AvgIpc) is 2.39. The highest BCUT2D eigenvalue weighted by molar-refractivity contribution is 5.75. The lowest BCUT2D eigenvalue weighted by Gasteiger charge is -2.31. The van der Waals surface area contributed by atoms with E-state index in [0.717, 1.165) is 25.8 Å².